The molecule has 0 unspecified atom stereocenters. The molecule has 1 aliphatic carbocycles. The molecular weight excluding hydrogens is 338 g/mol. The number of anilines is 1. The van der Waals surface area contributed by atoms with Crippen LogP contribution >= 0.6 is 11.6 Å². The van der Waals surface area contributed by atoms with Crippen LogP contribution in [0.2, 0.25) is 5.15 Å². The first-order valence-electron chi connectivity index (χ1n) is 7.73. The molecule has 0 fully saturated rings. The van der Waals surface area contributed by atoms with Crippen molar-refractivity contribution in [3.05, 3.63) is 40.1 Å². The van der Waals surface area contributed by atoms with Gasteiger partial charge in [0.1, 0.15) is 17.2 Å². The summed E-state index contributed by atoms with van der Waals surface area (Å²) in [5.41, 5.74) is 2.14. The molecule has 1 aliphatic rings. The van der Waals surface area contributed by atoms with E-state index in [9.17, 15) is 10.5 Å². The molecule has 2 aromatic heterocycles. The summed E-state index contributed by atoms with van der Waals surface area (Å²) in [7, 11) is 1.76. The molecule has 0 amide bonds. The van der Waals surface area contributed by atoms with Gasteiger partial charge in [-0.05, 0) is 13.8 Å². The molecular formula is C17H16ClN7. The normalized spacial score (nSPS) is 13.0. The van der Waals surface area contributed by atoms with Crippen molar-refractivity contribution in [1.82, 2.24) is 19.7 Å². The first-order chi connectivity index (χ1) is 11.9. The van der Waals surface area contributed by atoms with Crippen molar-refractivity contribution >= 4 is 23.0 Å². The van der Waals surface area contributed by atoms with Gasteiger partial charge in [-0.25, -0.2) is 9.97 Å². The van der Waals surface area contributed by atoms with Crippen molar-refractivity contribution in [2.45, 2.75) is 32.2 Å². The van der Waals surface area contributed by atoms with Gasteiger partial charge >= 0.3 is 0 Å². The van der Waals surface area contributed by atoms with Crippen molar-refractivity contribution in [2.75, 3.05) is 12.4 Å². The zero-order valence-electron chi connectivity index (χ0n) is 14.1. The molecule has 0 saturated carbocycles. The highest BCUT2D eigenvalue weighted by Gasteiger charge is 2.24. The van der Waals surface area contributed by atoms with E-state index in [1.54, 1.807) is 31.8 Å². The largest absolute Gasteiger partial charge is 0.372 e. The van der Waals surface area contributed by atoms with Crippen LogP contribution in [0.25, 0.3) is 5.57 Å². The van der Waals surface area contributed by atoms with Crippen molar-refractivity contribution < 1.29 is 0 Å². The standard InChI is InChI=1S/C17H16ClN7/c1-17(2,9-20)25-8-11(15(18)24-25)6-13-22-12-5-4-10(7-19)14(12)16(21-3)23-13/h4,8H,5-6H2,1-3H3,(H,21,22,23). The number of hydrogen-bond donors (Lipinski definition) is 1. The van der Waals surface area contributed by atoms with Gasteiger partial charge in [0.05, 0.1) is 29.0 Å². The van der Waals surface area contributed by atoms with E-state index in [0.717, 1.165) is 16.8 Å². The molecule has 25 heavy (non-hydrogen) atoms. The highest BCUT2D eigenvalue weighted by molar-refractivity contribution is 6.30. The topological polar surface area (TPSA) is 103 Å². The van der Waals surface area contributed by atoms with Crippen molar-refractivity contribution in [2.24, 2.45) is 0 Å². The van der Waals surface area contributed by atoms with E-state index in [1.165, 1.54) is 0 Å². The summed E-state index contributed by atoms with van der Waals surface area (Å²) in [4.78, 5) is 9.09. The number of nitriles is 2. The number of nitrogens with zero attached hydrogens (tertiary/aromatic N) is 6. The molecule has 0 aliphatic heterocycles. The van der Waals surface area contributed by atoms with Crippen molar-refractivity contribution in [3.8, 4) is 12.1 Å². The Morgan fingerprint density at radius 3 is 2.76 bits per heavy atom. The lowest BCUT2D eigenvalue weighted by atomic mass is 10.1. The van der Waals surface area contributed by atoms with E-state index < -0.39 is 5.54 Å². The summed E-state index contributed by atoms with van der Waals surface area (Å²) in [5.74, 6) is 1.22. The van der Waals surface area contributed by atoms with Gasteiger partial charge in [-0.1, -0.05) is 17.7 Å². The molecule has 0 saturated heterocycles. The maximum absolute atomic E-state index is 9.24. The number of halogens is 1. The molecule has 2 heterocycles. The molecule has 0 radical (unpaired) electrons. The zero-order chi connectivity index (χ0) is 18.2. The van der Waals surface area contributed by atoms with E-state index in [1.807, 2.05) is 6.08 Å². The minimum atomic E-state index is -0.789. The molecule has 0 aromatic carbocycles. The van der Waals surface area contributed by atoms with Gasteiger partial charge in [-0.15, -0.1) is 0 Å². The monoisotopic (exact) mass is 353 g/mol. The van der Waals surface area contributed by atoms with Crippen LogP contribution in [0.3, 0.4) is 0 Å². The summed E-state index contributed by atoms with van der Waals surface area (Å²) >= 11 is 6.23. The molecule has 1 N–H and O–H groups in total. The SMILES string of the molecule is CNc1nc(Cc2cn(C(C)(C)C#N)nc2Cl)nc2c1C(C#N)=CC2. The highest BCUT2D eigenvalue weighted by Crippen LogP contribution is 2.31. The maximum atomic E-state index is 9.24. The minimum absolute atomic E-state index is 0.328. The average Bonchev–Trinajstić information content (AvgIpc) is 3.18. The first-order valence-corrected chi connectivity index (χ1v) is 8.11. The third kappa shape index (κ3) is 2.95. The minimum Gasteiger partial charge on any atom is -0.372 e. The van der Waals surface area contributed by atoms with Gasteiger partial charge in [-0.3, -0.25) is 4.68 Å². The highest BCUT2D eigenvalue weighted by atomic mass is 35.5. The Morgan fingerprint density at radius 1 is 1.36 bits per heavy atom. The Morgan fingerprint density at radius 2 is 2.12 bits per heavy atom. The number of aromatic nitrogens is 4. The Balaban J connectivity index is 1.96. The molecule has 2 aromatic rings. The Labute approximate surface area is 150 Å². The number of allylic oxidation sites excluding steroid dienone is 2. The van der Waals surface area contributed by atoms with Gasteiger partial charge in [0.2, 0.25) is 0 Å². The van der Waals surface area contributed by atoms with Gasteiger partial charge in [0.15, 0.2) is 5.15 Å². The van der Waals surface area contributed by atoms with Gasteiger partial charge in [0, 0.05) is 31.6 Å². The van der Waals surface area contributed by atoms with E-state index in [2.05, 4.69) is 32.5 Å². The zero-order valence-corrected chi connectivity index (χ0v) is 14.9. The molecule has 8 heteroatoms. The van der Waals surface area contributed by atoms with Crippen LogP contribution in [0.4, 0.5) is 5.82 Å². The van der Waals surface area contributed by atoms with Crippen LogP contribution < -0.4 is 5.32 Å². The Kier molecular flexibility index (Phi) is 4.20. The van der Waals surface area contributed by atoms with Crippen LogP contribution in [0.15, 0.2) is 12.3 Å². The Bertz CT molecular complexity index is 957. The predicted octanol–water partition coefficient (Wildman–Crippen LogP) is 2.68. The number of nitrogens with one attached hydrogen (secondary N) is 1. The van der Waals surface area contributed by atoms with E-state index >= 15 is 0 Å². The molecule has 3 rings (SSSR count). The van der Waals surface area contributed by atoms with E-state index in [-0.39, 0.29) is 0 Å². The van der Waals surface area contributed by atoms with Crippen molar-refractivity contribution in [3.63, 3.8) is 0 Å². The van der Waals surface area contributed by atoms with Gasteiger partial charge in [-0.2, -0.15) is 15.6 Å². The van der Waals surface area contributed by atoms with Crippen LogP contribution in [0.1, 0.15) is 36.5 Å². The fraction of sp³-hybridized carbons (Fsp3) is 0.353. The second-order valence-electron chi connectivity index (χ2n) is 6.23. The summed E-state index contributed by atoms with van der Waals surface area (Å²) in [6.45, 7) is 3.53. The third-order valence-corrected chi connectivity index (χ3v) is 4.41. The van der Waals surface area contributed by atoms with Crippen molar-refractivity contribution in [1.29, 1.82) is 10.5 Å². The second kappa shape index (κ2) is 6.19. The first kappa shape index (κ1) is 16.9. The fourth-order valence-electron chi connectivity index (χ4n) is 2.67. The summed E-state index contributed by atoms with van der Waals surface area (Å²) in [6.07, 6.45) is 4.60. The second-order valence-corrected chi connectivity index (χ2v) is 6.59. The Hall–Kier alpha value is -2.90. The predicted molar refractivity (Wildman–Crippen MR) is 93.9 cm³/mol. The molecule has 126 valence electrons. The van der Waals surface area contributed by atoms with Crippen LogP contribution in [-0.4, -0.2) is 26.8 Å². The van der Waals surface area contributed by atoms with Gasteiger partial charge in [0.25, 0.3) is 0 Å². The summed E-state index contributed by atoms with van der Waals surface area (Å²) in [5, 5.41) is 26.0. The summed E-state index contributed by atoms with van der Waals surface area (Å²) in [6, 6.07) is 4.36. The smallest absolute Gasteiger partial charge is 0.154 e. The van der Waals surface area contributed by atoms with Gasteiger partial charge < -0.3 is 5.32 Å². The lowest BCUT2D eigenvalue weighted by molar-refractivity contribution is 0.418. The molecule has 0 bridgehead atoms. The third-order valence-electron chi connectivity index (χ3n) is 4.09. The molecule has 0 spiro atoms. The maximum Gasteiger partial charge on any atom is 0.154 e. The lowest BCUT2D eigenvalue weighted by Gasteiger charge is -2.15. The van der Waals surface area contributed by atoms with E-state index in [4.69, 9.17) is 11.6 Å². The number of rotatable bonds is 4. The van der Waals surface area contributed by atoms with E-state index in [0.29, 0.717) is 35.2 Å². The number of fused-ring (bicyclic) bond motifs is 1. The quantitative estimate of drug-likeness (QED) is 0.906. The van der Waals surface area contributed by atoms with Crippen LogP contribution in [-0.2, 0) is 18.4 Å². The van der Waals surface area contributed by atoms with Crippen LogP contribution in [0, 0.1) is 22.7 Å². The fourth-order valence-corrected chi connectivity index (χ4v) is 2.86. The van der Waals surface area contributed by atoms with Crippen LogP contribution in [0.5, 0.6) is 0 Å². The lowest BCUT2D eigenvalue weighted by Crippen LogP contribution is -2.24. The summed E-state index contributed by atoms with van der Waals surface area (Å²) < 4.78 is 1.55. The molecule has 7 nitrogen and oxygen atoms in total. The average molecular weight is 354 g/mol. The molecule has 0 atom stereocenters. The number of hydrogen-bond acceptors (Lipinski definition) is 6.